The number of para-hydroxylation sites is 1. The average Bonchev–Trinajstić information content (AvgIpc) is 2.76. The highest BCUT2D eigenvalue weighted by Gasteiger charge is 2.33. The number of ether oxygens (including phenoxy) is 1. The number of carbonyl (C=O) groups is 3. The summed E-state index contributed by atoms with van der Waals surface area (Å²) in [7, 11) is 0. The summed E-state index contributed by atoms with van der Waals surface area (Å²) in [6.07, 6.45) is 0.450. The molecule has 1 aliphatic heterocycles. The molecule has 1 fully saturated rings. The van der Waals surface area contributed by atoms with Crippen LogP contribution < -0.4 is 4.74 Å². The van der Waals surface area contributed by atoms with E-state index < -0.39 is 30.5 Å². The molecule has 2 rings (SSSR count). The number of hydrogen-bond donors (Lipinski definition) is 2. The zero-order valence-electron chi connectivity index (χ0n) is 12.5. The molecule has 126 valence electrons. The average molecular weight is 367 g/mol. The molecule has 0 aliphatic carbocycles. The van der Waals surface area contributed by atoms with Crippen LogP contribution in [0.15, 0.2) is 29.2 Å². The summed E-state index contributed by atoms with van der Waals surface area (Å²) < 4.78 is 5.52. The number of rotatable bonds is 6. The third-order valence-corrected chi connectivity index (χ3v) is 4.40. The molecule has 1 saturated heterocycles. The van der Waals surface area contributed by atoms with Crippen LogP contribution in [0.1, 0.15) is 12.5 Å². The van der Waals surface area contributed by atoms with Crippen molar-refractivity contribution in [3.8, 4) is 5.75 Å². The molecular formula is C15H13NO6S2. The predicted octanol–water partition coefficient (Wildman–Crippen LogP) is 1.82. The first kappa shape index (κ1) is 18.0. The number of carboxylic acids is 2. The van der Waals surface area contributed by atoms with Crippen molar-refractivity contribution in [2.75, 3.05) is 6.54 Å². The van der Waals surface area contributed by atoms with Crippen molar-refractivity contribution in [3.63, 3.8) is 0 Å². The monoisotopic (exact) mass is 367 g/mol. The van der Waals surface area contributed by atoms with E-state index in [-0.39, 0.29) is 9.23 Å². The maximum Gasteiger partial charge on any atom is 0.344 e. The van der Waals surface area contributed by atoms with Gasteiger partial charge >= 0.3 is 11.9 Å². The molecule has 7 nitrogen and oxygen atoms in total. The second-order valence-electron chi connectivity index (χ2n) is 4.80. The van der Waals surface area contributed by atoms with E-state index in [2.05, 4.69) is 0 Å². The predicted molar refractivity (Wildman–Crippen MR) is 91.7 cm³/mol. The Hall–Kier alpha value is -2.39. The molecule has 1 aromatic rings. The highest BCUT2D eigenvalue weighted by Crippen LogP contribution is 2.34. The van der Waals surface area contributed by atoms with E-state index in [4.69, 9.17) is 27.2 Å². The molecule has 0 radical (unpaired) electrons. The molecule has 1 heterocycles. The number of benzene rings is 1. The molecule has 1 amide bonds. The number of carboxylic acid groups (broad SMARTS) is 2. The lowest BCUT2D eigenvalue weighted by Crippen LogP contribution is -2.33. The molecule has 0 bridgehead atoms. The van der Waals surface area contributed by atoms with Crippen LogP contribution in [0.25, 0.3) is 6.08 Å². The van der Waals surface area contributed by atoms with Gasteiger partial charge < -0.3 is 14.9 Å². The summed E-state index contributed by atoms with van der Waals surface area (Å²) in [6, 6.07) is 6.63. The van der Waals surface area contributed by atoms with Gasteiger partial charge in [0.2, 0.25) is 0 Å². The van der Waals surface area contributed by atoms with Gasteiger partial charge in [0.25, 0.3) is 5.91 Å². The van der Waals surface area contributed by atoms with E-state index >= 15 is 0 Å². The second-order valence-corrected chi connectivity index (χ2v) is 6.47. The van der Waals surface area contributed by atoms with E-state index in [0.29, 0.717) is 11.3 Å². The van der Waals surface area contributed by atoms with E-state index in [1.807, 2.05) is 0 Å². The van der Waals surface area contributed by atoms with E-state index in [9.17, 15) is 14.4 Å². The summed E-state index contributed by atoms with van der Waals surface area (Å²) in [4.78, 5) is 35.2. The van der Waals surface area contributed by atoms with Gasteiger partial charge in [-0.25, -0.2) is 4.79 Å². The molecule has 1 aromatic carbocycles. The van der Waals surface area contributed by atoms with Crippen LogP contribution in [0.4, 0.5) is 0 Å². The standard InChI is InChI=1S/C15H13NO6S2/c1-8(14(20)21)22-10-5-3-2-4-9(10)6-11-13(19)16(7-12(17)18)15(23)24-11/h2-6,8H,7H2,1H3,(H,17,18)(H,20,21)/b11-6-. The number of thioether (sulfide) groups is 1. The molecular weight excluding hydrogens is 354 g/mol. The first-order valence-electron chi connectivity index (χ1n) is 6.75. The maximum absolute atomic E-state index is 12.2. The molecule has 9 heteroatoms. The SMILES string of the molecule is CC(Oc1ccccc1/C=C1\SC(=S)N(CC(=O)O)C1=O)C(=O)O. The van der Waals surface area contributed by atoms with Crippen LogP contribution in [-0.4, -0.2) is 49.9 Å². The quantitative estimate of drug-likeness (QED) is 0.580. The van der Waals surface area contributed by atoms with Crippen LogP contribution in [0.3, 0.4) is 0 Å². The Kier molecular flexibility index (Phi) is 5.58. The zero-order valence-corrected chi connectivity index (χ0v) is 14.1. The summed E-state index contributed by atoms with van der Waals surface area (Å²) in [6.45, 7) is 0.891. The number of thiocarbonyl (C=S) groups is 1. The molecule has 0 aromatic heterocycles. The fraction of sp³-hybridized carbons (Fsp3) is 0.200. The Morgan fingerprint density at radius 3 is 2.67 bits per heavy atom. The zero-order chi connectivity index (χ0) is 17.9. The van der Waals surface area contributed by atoms with Crippen molar-refractivity contribution in [3.05, 3.63) is 34.7 Å². The lowest BCUT2D eigenvalue weighted by atomic mass is 10.2. The van der Waals surface area contributed by atoms with Gasteiger partial charge in [0.05, 0.1) is 4.91 Å². The van der Waals surface area contributed by atoms with Crippen molar-refractivity contribution in [1.82, 2.24) is 4.90 Å². The Morgan fingerprint density at radius 1 is 1.38 bits per heavy atom. The highest BCUT2D eigenvalue weighted by molar-refractivity contribution is 8.26. The number of hydrogen-bond acceptors (Lipinski definition) is 6. The smallest absolute Gasteiger partial charge is 0.344 e. The minimum Gasteiger partial charge on any atom is -0.480 e. The topological polar surface area (TPSA) is 104 Å². The van der Waals surface area contributed by atoms with Gasteiger partial charge in [0, 0.05) is 5.56 Å². The fourth-order valence-corrected chi connectivity index (χ4v) is 3.11. The third kappa shape index (κ3) is 4.12. The van der Waals surface area contributed by atoms with Crippen LogP contribution in [0.5, 0.6) is 5.75 Å². The molecule has 0 saturated carbocycles. The van der Waals surface area contributed by atoms with E-state index in [1.165, 1.54) is 13.0 Å². The molecule has 0 spiro atoms. The molecule has 1 aliphatic rings. The number of aliphatic carboxylic acids is 2. The molecule has 1 unspecified atom stereocenters. The van der Waals surface area contributed by atoms with E-state index in [1.54, 1.807) is 24.3 Å². The highest BCUT2D eigenvalue weighted by atomic mass is 32.2. The van der Waals surface area contributed by atoms with Gasteiger partial charge in [-0.3, -0.25) is 14.5 Å². The normalized spacial score (nSPS) is 17.2. The second kappa shape index (κ2) is 7.45. The Balaban J connectivity index is 2.29. The molecule has 24 heavy (non-hydrogen) atoms. The van der Waals surface area contributed by atoms with Crippen LogP contribution in [0.2, 0.25) is 0 Å². The Labute approximate surface area is 146 Å². The van der Waals surface area contributed by atoms with E-state index in [0.717, 1.165) is 16.7 Å². The Morgan fingerprint density at radius 2 is 2.04 bits per heavy atom. The van der Waals surface area contributed by atoms with Gasteiger partial charge in [-0.2, -0.15) is 0 Å². The number of nitrogens with zero attached hydrogens (tertiary/aromatic N) is 1. The third-order valence-electron chi connectivity index (χ3n) is 3.02. The van der Waals surface area contributed by atoms with Crippen molar-refractivity contribution < 1.29 is 29.3 Å². The Bertz CT molecular complexity index is 745. The van der Waals surface area contributed by atoms with Crippen LogP contribution in [-0.2, 0) is 14.4 Å². The summed E-state index contributed by atoms with van der Waals surface area (Å²) in [5, 5.41) is 17.8. The largest absolute Gasteiger partial charge is 0.480 e. The minimum atomic E-state index is -1.16. The maximum atomic E-state index is 12.2. The lowest BCUT2D eigenvalue weighted by Gasteiger charge is -2.13. The summed E-state index contributed by atoms with van der Waals surface area (Å²) >= 11 is 6.01. The van der Waals surface area contributed by atoms with Crippen molar-refractivity contribution >= 4 is 52.2 Å². The van der Waals surface area contributed by atoms with Gasteiger partial charge in [-0.05, 0) is 19.1 Å². The summed E-state index contributed by atoms with van der Waals surface area (Å²) in [5.41, 5.74) is 0.501. The van der Waals surface area contributed by atoms with Crippen LogP contribution >= 0.6 is 24.0 Å². The van der Waals surface area contributed by atoms with Crippen molar-refractivity contribution in [2.24, 2.45) is 0 Å². The minimum absolute atomic E-state index is 0.158. The molecule has 1 atom stereocenters. The lowest BCUT2D eigenvalue weighted by molar-refractivity contribution is -0.144. The summed E-state index contributed by atoms with van der Waals surface area (Å²) in [5.74, 6) is -2.48. The van der Waals surface area contributed by atoms with Gasteiger partial charge in [0.1, 0.15) is 16.6 Å². The molecule has 2 N–H and O–H groups in total. The number of amides is 1. The van der Waals surface area contributed by atoms with Gasteiger partial charge in [0.15, 0.2) is 6.10 Å². The number of carbonyl (C=O) groups excluding carboxylic acids is 1. The first-order valence-corrected chi connectivity index (χ1v) is 7.97. The fourth-order valence-electron chi connectivity index (χ4n) is 1.86. The first-order chi connectivity index (χ1) is 11.3. The van der Waals surface area contributed by atoms with Crippen molar-refractivity contribution in [1.29, 1.82) is 0 Å². The van der Waals surface area contributed by atoms with Crippen molar-refractivity contribution in [2.45, 2.75) is 13.0 Å². The van der Waals surface area contributed by atoms with Crippen LogP contribution in [0, 0.1) is 0 Å². The van der Waals surface area contributed by atoms with Gasteiger partial charge in [-0.15, -0.1) is 0 Å². The van der Waals surface area contributed by atoms with Gasteiger partial charge in [-0.1, -0.05) is 42.2 Å².